The van der Waals surface area contributed by atoms with Crippen LogP contribution < -0.4 is 5.32 Å². The number of nitrogens with one attached hydrogen (secondary N) is 1. The van der Waals surface area contributed by atoms with Crippen molar-refractivity contribution in [2.75, 3.05) is 7.05 Å². The second-order valence-electron chi connectivity index (χ2n) is 5.69. The summed E-state index contributed by atoms with van der Waals surface area (Å²) in [6.45, 7) is 0.572. The number of carbonyl (C=O) groups is 1. The van der Waals surface area contributed by atoms with Crippen molar-refractivity contribution >= 4 is 6.03 Å². The molecule has 0 saturated heterocycles. The van der Waals surface area contributed by atoms with E-state index in [1.165, 1.54) is 5.56 Å². The zero-order chi connectivity index (χ0) is 14.8. The van der Waals surface area contributed by atoms with Crippen molar-refractivity contribution in [1.82, 2.24) is 20.0 Å². The lowest BCUT2D eigenvalue weighted by Crippen LogP contribution is -2.38. The third-order valence-corrected chi connectivity index (χ3v) is 3.85. The molecule has 5 heteroatoms. The lowest BCUT2D eigenvalue weighted by Gasteiger charge is -2.17. The molecule has 2 aromatic rings. The summed E-state index contributed by atoms with van der Waals surface area (Å²) >= 11 is 0. The van der Waals surface area contributed by atoms with Crippen LogP contribution in [0, 0.1) is 0 Å². The summed E-state index contributed by atoms with van der Waals surface area (Å²) in [7, 11) is 3.68. The summed E-state index contributed by atoms with van der Waals surface area (Å²) in [6.07, 6.45) is 4.73. The minimum atomic E-state index is -0.0257. The van der Waals surface area contributed by atoms with E-state index in [1.54, 1.807) is 15.8 Å². The van der Waals surface area contributed by atoms with Crippen LogP contribution in [0.3, 0.4) is 0 Å². The summed E-state index contributed by atoms with van der Waals surface area (Å²) in [5.41, 5.74) is 2.34. The van der Waals surface area contributed by atoms with Crippen LogP contribution in [0.15, 0.2) is 42.7 Å². The Morgan fingerprint density at radius 3 is 2.86 bits per heavy atom. The Bertz CT molecular complexity index is 622. The second kappa shape index (κ2) is 5.60. The first-order valence-corrected chi connectivity index (χ1v) is 7.17. The summed E-state index contributed by atoms with van der Waals surface area (Å²) in [6, 6.07) is 10.6. The second-order valence-corrected chi connectivity index (χ2v) is 5.69. The van der Waals surface area contributed by atoms with Crippen molar-refractivity contribution in [3.63, 3.8) is 0 Å². The number of urea groups is 1. The molecule has 1 heterocycles. The Labute approximate surface area is 124 Å². The molecule has 110 valence electrons. The third-order valence-electron chi connectivity index (χ3n) is 3.85. The molecule has 0 aliphatic heterocycles. The van der Waals surface area contributed by atoms with Crippen molar-refractivity contribution in [3.05, 3.63) is 53.9 Å². The highest BCUT2D eigenvalue weighted by molar-refractivity contribution is 5.74. The number of amides is 2. The highest BCUT2D eigenvalue weighted by atomic mass is 16.2. The largest absolute Gasteiger partial charge is 0.335 e. The van der Waals surface area contributed by atoms with Crippen molar-refractivity contribution in [3.8, 4) is 0 Å². The highest BCUT2D eigenvalue weighted by Gasteiger charge is 2.39. The fraction of sp³-hybridized carbons (Fsp3) is 0.375. The van der Waals surface area contributed by atoms with Gasteiger partial charge in [-0.05, 0) is 12.0 Å². The summed E-state index contributed by atoms with van der Waals surface area (Å²) < 4.78 is 1.74. The molecule has 1 N–H and O–H groups in total. The Balaban J connectivity index is 1.51. The van der Waals surface area contributed by atoms with Crippen molar-refractivity contribution < 1.29 is 4.79 Å². The van der Waals surface area contributed by atoms with E-state index >= 15 is 0 Å². The Kier molecular flexibility index (Phi) is 3.64. The molecule has 21 heavy (non-hydrogen) atoms. The van der Waals surface area contributed by atoms with Crippen LogP contribution in [0.4, 0.5) is 4.79 Å². The normalized spacial score (nSPS) is 20.1. The van der Waals surface area contributed by atoms with Gasteiger partial charge in [-0.1, -0.05) is 30.3 Å². The minimum Gasteiger partial charge on any atom is -0.335 e. The van der Waals surface area contributed by atoms with E-state index in [9.17, 15) is 4.79 Å². The van der Waals surface area contributed by atoms with Gasteiger partial charge in [0.25, 0.3) is 0 Å². The lowest BCUT2D eigenvalue weighted by molar-refractivity contribution is 0.206. The number of aryl methyl sites for hydroxylation is 1. The molecule has 2 atom stereocenters. The van der Waals surface area contributed by atoms with E-state index in [0.29, 0.717) is 12.5 Å². The predicted molar refractivity (Wildman–Crippen MR) is 80.8 cm³/mol. The van der Waals surface area contributed by atoms with Crippen LogP contribution >= 0.6 is 0 Å². The molecule has 0 bridgehead atoms. The van der Waals surface area contributed by atoms with E-state index in [0.717, 1.165) is 12.0 Å². The fourth-order valence-corrected chi connectivity index (χ4v) is 2.59. The predicted octanol–water partition coefficient (Wildman–Crippen LogP) is 2.12. The zero-order valence-corrected chi connectivity index (χ0v) is 12.4. The molecular weight excluding hydrogens is 264 g/mol. The van der Waals surface area contributed by atoms with Gasteiger partial charge < -0.3 is 10.2 Å². The number of hydrogen-bond donors (Lipinski definition) is 1. The van der Waals surface area contributed by atoms with Crippen LogP contribution in [0.1, 0.15) is 23.5 Å². The van der Waals surface area contributed by atoms with Crippen LogP contribution in [-0.4, -0.2) is 33.8 Å². The van der Waals surface area contributed by atoms with Gasteiger partial charge in [0.1, 0.15) is 0 Å². The van der Waals surface area contributed by atoms with Crippen LogP contribution in [0.25, 0.3) is 0 Å². The fourth-order valence-electron chi connectivity index (χ4n) is 2.59. The number of carbonyl (C=O) groups excluding carboxylic acids is 1. The molecule has 1 aliphatic rings. The van der Waals surface area contributed by atoms with Gasteiger partial charge in [0.2, 0.25) is 0 Å². The lowest BCUT2D eigenvalue weighted by atomic mass is 10.1. The molecule has 1 fully saturated rings. The average molecular weight is 284 g/mol. The molecule has 1 aromatic heterocycles. The van der Waals surface area contributed by atoms with Crippen LogP contribution in [-0.2, 0) is 13.6 Å². The van der Waals surface area contributed by atoms with Crippen molar-refractivity contribution in [2.45, 2.75) is 24.9 Å². The third kappa shape index (κ3) is 3.24. The minimum absolute atomic E-state index is 0.0257. The number of aromatic nitrogens is 2. The van der Waals surface area contributed by atoms with Gasteiger partial charge in [0.05, 0.1) is 12.7 Å². The van der Waals surface area contributed by atoms with Crippen LogP contribution in [0.2, 0.25) is 0 Å². The standard InChI is InChI=1S/C16H20N4O/c1-19(10-12-9-17-20(2)11-12)16(21)18-15-8-14(15)13-6-4-3-5-7-13/h3-7,9,11,14-15H,8,10H2,1-2H3,(H,18,21)/t14-,15+/m1/s1. The topological polar surface area (TPSA) is 50.2 Å². The summed E-state index contributed by atoms with van der Waals surface area (Å²) in [4.78, 5) is 13.9. The maximum absolute atomic E-state index is 12.2. The molecule has 3 rings (SSSR count). The van der Waals surface area contributed by atoms with Gasteiger partial charge in [-0.3, -0.25) is 4.68 Å². The molecule has 0 spiro atoms. The van der Waals surface area contributed by atoms with E-state index in [1.807, 2.05) is 38.5 Å². The van der Waals surface area contributed by atoms with Crippen molar-refractivity contribution in [2.24, 2.45) is 7.05 Å². The molecule has 5 nitrogen and oxygen atoms in total. The molecular formula is C16H20N4O. The molecule has 1 saturated carbocycles. The van der Waals surface area contributed by atoms with Gasteiger partial charge >= 0.3 is 6.03 Å². The molecule has 0 unspecified atom stereocenters. The average Bonchev–Trinajstić information content (AvgIpc) is 3.13. The van der Waals surface area contributed by atoms with E-state index in [4.69, 9.17) is 0 Å². The molecule has 1 aromatic carbocycles. The SMILES string of the molecule is CN(Cc1cnn(C)c1)C(=O)N[C@H]1C[C@@H]1c1ccccc1. The summed E-state index contributed by atoms with van der Waals surface area (Å²) in [5, 5.41) is 7.20. The molecule has 2 amide bonds. The van der Waals surface area contributed by atoms with Gasteiger partial charge in [-0.25, -0.2) is 4.79 Å². The highest BCUT2D eigenvalue weighted by Crippen LogP contribution is 2.40. The Morgan fingerprint density at radius 2 is 2.19 bits per heavy atom. The van der Waals surface area contributed by atoms with E-state index < -0.39 is 0 Å². The Hall–Kier alpha value is -2.30. The van der Waals surface area contributed by atoms with Gasteiger partial charge in [-0.2, -0.15) is 5.10 Å². The number of nitrogens with zero attached hydrogens (tertiary/aromatic N) is 3. The number of hydrogen-bond acceptors (Lipinski definition) is 2. The first-order valence-electron chi connectivity index (χ1n) is 7.17. The quantitative estimate of drug-likeness (QED) is 0.935. The molecule has 0 radical (unpaired) electrons. The first-order chi connectivity index (χ1) is 10.1. The van der Waals surface area contributed by atoms with E-state index in [-0.39, 0.29) is 12.1 Å². The maximum atomic E-state index is 12.2. The molecule has 1 aliphatic carbocycles. The first kappa shape index (κ1) is 13.7. The van der Waals surface area contributed by atoms with Gasteiger partial charge in [0.15, 0.2) is 0 Å². The van der Waals surface area contributed by atoms with Crippen molar-refractivity contribution in [1.29, 1.82) is 0 Å². The smallest absolute Gasteiger partial charge is 0.317 e. The summed E-state index contributed by atoms with van der Waals surface area (Å²) in [5.74, 6) is 0.460. The zero-order valence-electron chi connectivity index (χ0n) is 12.4. The van der Waals surface area contributed by atoms with E-state index in [2.05, 4.69) is 22.5 Å². The number of rotatable bonds is 4. The van der Waals surface area contributed by atoms with Crippen LogP contribution in [0.5, 0.6) is 0 Å². The van der Waals surface area contributed by atoms with Gasteiger partial charge in [-0.15, -0.1) is 0 Å². The van der Waals surface area contributed by atoms with Gasteiger partial charge in [0, 0.05) is 37.8 Å². The monoisotopic (exact) mass is 284 g/mol. The number of benzene rings is 1. The maximum Gasteiger partial charge on any atom is 0.317 e. The Morgan fingerprint density at radius 1 is 1.43 bits per heavy atom.